The molecule has 3 aromatic heterocycles. The van der Waals surface area contributed by atoms with E-state index < -0.39 is 0 Å². The van der Waals surface area contributed by atoms with E-state index in [1.165, 1.54) is 12.7 Å². The molecule has 0 atom stereocenters. The van der Waals surface area contributed by atoms with Crippen molar-refractivity contribution in [2.24, 2.45) is 5.73 Å². The molecule has 0 bridgehead atoms. The van der Waals surface area contributed by atoms with Gasteiger partial charge in [-0.05, 0) is 55.2 Å². The van der Waals surface area contributed by atoms with E-state index in [-0.39, 0.29) is 11.1 Å². The third kappa shape index (κ3) is 2.49. The number of hydrogen-bond donors (Lipinski definition) is 2. The van der Waals surface area contributed by atoms with Crippen LogP contribution in [0.2, 0.25) is 0 Å². The third-order valence-corrected chi connectivity index (χ3v) is 5.48. The van der Waals surface area contributed by atoms with Crippen molar-refractivity contribution in [3.05, 3.63) is 77.0 Å². The number of H-pyrrole nitrogens is 1. The summed E-state index contributed by atoms with van der Waals surface area (Å²) >= 11 is 0. The number of nitrogens with one attached hydrogen (secondary N) is 1. The first-order chi connectivity index (χ1) is 13.2. The summed E-state index contributed by atoms with van der Waals surface area (Å²) in [4.78, 5) is 23.8. The Morgan fingerprint density at radius 2 is 1.89 bits per heavy atom. The number of rotatable bonds is 3. The number of aromatic amines is 1. The van der Waals surface area contributed by atoms with Crippen LogP contribution < -0.4 is 11.3 Å². The van der Waals surface area contributed by atoms with Crippen LogP contribution in [0.15, 0.2) is 65.8 Å². The quantitative estimate of drug-likeness (QED) is 0.589. The summed E-state index contributed by atoms with van der Waals surface area (Å²) in [5, 5.41) is 0.538. The zero-order valence-electron chi connectivity index (χ0n) is 14.7. The molecule has 6 nitrogen and oxygen atoms in total. The number of benzene rings is 1. The lowest BCUT2D eigenvalue weighted by Gasteiger charge is -2.38. The van der Waals surface area contributed by atoms with Gasteiger partial charge >= 0.3 is 0 Å². The molecule has 0 aliphatic heterocycles. The third-order valence-electron chi connectivity index (χ3n) is 5.48. The molecule has 0 saturated heterocycles. The lowest BCUT2D eigenvalue weighted by molar-refractivity contribution is 0.253. The molecule has 5 rings (SSSR count). The van der Waals surface area contributed by atoms with Gasteiger partial charge in [0.15, 0.2) is 5.65 Å². The second kappa shape index (κ2) is 5.89. The van der Waals surface area contributed by atoms with Crippen LogP contribution in [0.1, 0.15) is 24.8 Å². The summed E-state index contributed by atoms with van der Waals surface area (Å²) in [5.41, 5.74) is 10.4. The topological polar surface area (TPSA) is 89.6 Å². The standard InChI is InChI=1S/C21H19N5O/c22-21(9-3-10-21)14-5-7-15(8-6-14)26-18(17-4-1-2-11-23-17)12-16-19(26)24-13-25-20(16)27/h1-2,4-8,11-13H,3,9-10,22H2,(H,24,25,27). The van der Waals surface area contributed by atoms with Crippen LogP contribution in [0.4, 0.5) is 0 Å². The number of nitrogens with two attached hydrogens (primary N) is 1. The minimum Gasteiger partial charge on any atom is -0.321 e. The van der Waals surface area contributed by atoms with Crippen LogP contribution in [-0.2, 0) is 5.54 Å². The Morgan fingerprint density at radius 3 is 2.56 bits per heavy atom. The van der Waals surface area contributed by atoms with Gasteiger partial charge in [-0.15, -0.1) is 0 Å². The molecule has 4 aromatic rings. The monoisotopic (exact) mass is 357 g/mol. The Labute approximate surface area is 155 Å². The van der Waals surface area contributed by atoms with E-state index in [2.05, 4.69) is 27.1 Å². The van der Waals surface area contributed by atoms with Crippen molar-refractivity contribution in [3.63, 3.8) is 0 Å². The van der Waals surface area contributed by atoms with Gasteiger partial charge in [0.2, 0.25) is 0 Å². The zero-order chi connectivity index (χ0) is 18.4. The second-order valence-electron chi connectivity index (χ2n) is 7.11. The fraction of sp³-hybridized carbons (Fsp3) is 0.190. The molecular formula is C21H19N5O. The van der Waals surface area contributed by atoms with E-state index in [9.17, 15) is 4.79 Å². The average molecular weight is 357 g/mol. The normalized spacial score (nSPS) is 15.6. The van der Waals surface area contributed by atoms with Crippen LogP contribution in [-0.4, -0.2) is 19.5 Å². The number of nitrogens with zero attached hydrogens (tertiary/aromatic N) is 3. The molecule has 0 unspecified atom stereocenters. The minimum atomic E-state index is -0.198. The molecule has 1 aliphatic carbocycles. The maximum Gasteiger partial charge on any atom is 0.260 e. The smallest absolute Gasteiger partial charge is 0.260 e. The molecular weight excluding hydrogens is 338 g/mol. The summed E-state index contributed by atoms with van der Waals surface area (Å²) in [6, 6.07) is 15.8. The summed E-state index contributed by atoms with van der Waals surface area (Å²) in [7, 11) is 0. The van der Waals surface area contributed by atoms with E-state index in [0.29, 0.717) is 11.0 Å². The van der Waals surface area contributed by atoms with Crippen molar-refractivity contribution in [1.82, 2.24) is 19.5 Å². The fourth-order valence-electron chi connectivity index (χ4n) is 3.78. The molecule has 27 heavy (non-hydrogen) atoms. The Morgan fingerprint density at radius 1 is 1.07 bits per heavy atom. The van der Waals surface area contributed by atoms with Gasteiger partial charge in [0.05, 0.1) is 23.1 Å². The molecule has 0 amide bonds. The number of pyridine rings is 1. The highest BCUT2D eigenvalue weighted by molar-refractivity contribution is 5.85. The maximum atomic E-state index is 12.3. The van der Waals surface area contributed by atoms with E-state index in [1.807, 2.05) is 41.0 Å². The van der Waals surface area contributed by atoms with E-state index >= 15 is 0 Å². The van der Waals surface area contributed by atoms with Crippen LogP contribution in [0, 0.1) is 0 Å². The van der Waals surface area contributed by atoms with E-state index in [1.54, 1.807) is 6.20 Å². The first-order valence-electron chi connectivity index (χ1n) is 9.06. The SMILES string of the molecule is NC1(c2ccc(-n3c(-c4ccccn4)cc4c(=O)[nH]cnc43)cc2)CCC1. The molecule has 1 fully saturated rings. The predicted octanol–water partition coefficient (Wildman–Crippen LogP) is 3.11. The van der Waals surface area contributed by atoms with Gasteiger partial charge in [0, 0.05) is 17.4 Å². The Kier molecular flexibility index (Phi) is 3.48. The van der Waals surface area contributed by atoms with Crippen molar-refractivity contribution < 1.29 is 0 Å². The lowest BCUT2D eigenvalue weighted by Crippen LogP contribution is -2.43. The Bertz CT molecular complexity index is 1170. The van der Waals surface area contributed by atoms with Gasteiger partial charge < -0.3 is 10.7 Å². The highest BCUT2D eigenvalue weighted by atomic mass is 16.1. The lowest BCUT2D eigenvalue weighted by atomic mass is 9.73. The van der Waals surface area contributed by atoms with Gasteiger partial charge in [-0.1, -0.05) is 18.2 Å². The molecule has 1 saturated carbocycles. The highest BCUT2D eigenvalue weighted by Gasteiger charge is 2.34. The fourth-order valence-corrected chi connectivity index (χ4v) is 3.78. The van der Waals surface area contributed by atoms with Gasteiger partial charge in [0.25, 0.3) is 5.56 Å². The largest absolute Gasteiger partial charge is 0.321 e. The summed E-state index contributed by atoms with van der Waals surface area (Å²) in [6.07, 6.45) is 6.40. The number of fused-ring (bicyclic) bond motifs is 1. The summed E-state index contributed by atoms with van der Waals surface area (Å²) in [5.74, 6) is 0. The van der Waals surface area contributed by atoms with Gasteiger partial charge in [-0.3, -0.25) is 14.3 Å². The second-order valence-corrected chi connectivity index (χ2v) is 7.11. The molecule has 3 heterocycles. The molecule has 6 heteroatoms. The molecule has 1 aromatic carbocycles. The maximum absolute atomic E-state index is 12.3. The Balaban J connectivity index is 1.72. The van der Waals surface area contributed by atoms with Crippen molar-refractivity contribution in [3.8, 4) is 17.1 Å². The predicted molar refractivity (Wildman–Crippen MR) is 105 cm³/mol. The van der Waals surface area contributed by atoms with Crippen LogP contribution in [0.3, 0.4) is 0 Å². The molecule has 134 valence electrons. The summed E-state index contributed by atoms with van der Waals surface area (Å²) in [6.45, 7) is 0. The summed E-state index contributed by atoms with van der Waals surface area (Å²) < 4.78 is 1.97. The first-order valence-corrected chi connectivity index (χ1v) is 9.06. The highest BCUT2D eigenvalue weighted by Crippen LogP contribution is 2.39. The van der Waals surface area contributed by atoms with Crippen molar-refractivity contribution in [2.75, 3.05) is 0 Å². The number of aromatic nitrogens is 4. The van der Waals surface area contributed by atoms with Crippen LogP contribution in [0.25, 0.3) is 28.1 Å². The molecule has 1 aliphatic rings. The Hall–Kier alpha value is -3.25. The number of hydrogen-bond acceptors (Lipinski definition) is 4. The molecule has 3 N–H and O–H groups in total. The average Bonchev–Trinajstić information content (AvgIpc) is 3.08. The van der Waals surface area contributed by atoms with E-state index in [4.69, 9.17) is 5.73 Å². The van der Waals surface area contributed by atoms with Gasteiger partial charge in [0.1, 0.15) is 0 Å². The molecule has 0 radical (unpaired) electrons. The van der Waals surface area contributed by atoms with Gasteiger partial charge in [-0.25, -0.2) is 4.98 Å². The van der Waals surface area contributed by atoms with Crippen LogP contribution >= 0.6 is 0 Å². The van der Waals surface area contributed by atoms with Gasteiger partial charge in [-0.2, -0.15) is 0 Å². The minimum absolute atomic E-state index is 0.164. The van der Waals surface area contributed by atoms with Crippen molar-refractivity contribution in [2.45, 2.75) is 24.8 Å². The van der Waals surface area contributed by atoms with Crippen molar-refractivity contribution in [1.29, 1.82) is 0 Å². The van der Waals surface area contributed by atoms with Crippen molar-refractivity contribution >= 4 is 11.0 Å². The van der Waals surface area contributed by atoms with Crippen LogP contribution in [0.5, 0.6) is 0 Å². The molecule has 0 spiro atoms. The van der Waals surface area contributed by atoms with E-state index in [0.717, 1.165) is 35.5 Å². The first kappa shape index (κ1) is 16.0. The zero-order valence-corrected chi connectivity index (χ0v) is 14.7.